The van der Waals surface area contributed by atoms with Crippen molar-refractivity contribution in [2.45, 2.75) is 140 Å². The fraction of sp³-hybridized carbons (Fsp3) is 0.962. The molecule has 1 heterocycles. The van der Waals surface area contributed by atoms with E-state index in [2.05, 4.69) is 13.8 Å². The summed E-state index contributed by atoms with van der Waals surface area (Å²) in [5.41, 5.74) is 0. The Kier molecular flexibility index (Phi) is 10.7. The van der Waals surface area contributed by atoms with Crippen molar-refractivity contribution in [2.24, 2.45) is 11.8 Å². The first kappa shape index (κ1) is 25.9. The number of halogens is 2. The summed E-state index contributed by atoms with van der Waals surface area (Å²) in [6.07, 6.45) is 9.16. The minimum atomic E-state index is -1.52. The van der Waals surface area contributed by atoms with Crippen LogP contribution in [0.5, 0.6) is 0 Å². The zero-order valence-electron chi connectivity index (χ0n) is 20.1. The van der Waals surface area contributed by atoms with Crippen LogP contribution in [0.3, 0.4) is 0 Å². The highest BCUT2D eigenvalue weighted by atomic mass is 19.2. The Morgan fingerprint density at radius 1 is 0.875 bits per heavy atom. The third-order valence-electron chi connectivity index (χ3n) is 7.68. The van der Waals surface area contributed by atoms with Gasteiger partial charge in [0.1, 0.15) is 12.3 Å². The predicted molar refractivity (Wildman–Crippen MR) is 121 cm³/mol. The molecule has 0 radical (unpaired) electrons. The maximum absolute atomic E-state index is 15.0. The van der Waals surface area contributed by atoms with E-state index in [1.807, 2.05) is 0 Å². The molecule has 1 aliphatic heterocycles. The van der Waals surface area contributed by atoms with Crippen molar-refractivity contribution in [1.29, 1.82) is 0 Å². The van der Waals surface area contributed by atoms with Crippen LogP contribution >= 0.6 is 0 Å². The molecule has 0 bridgehead atoms. The predicted octanol–water partition coefficient (Wildman–Crippen LogP) is 6.49. The van der Waals surface area contributed by atoms with Crippen LogP contribution < -0.4 is 0 Å². The van der Waals surface area contributed by atoms with Crippen molar-refractivity contribution in [3.8, 4) is 0 Å². The molecule has 6 heteroatoms. The van der Waals surface area contributed by atoms with E-state index in [-0.39, 0.29) is 36.1 Å². The van der Waals surface area contributed by atoms with E-state index in [1.54, 1.807) is 0 Å². The molecule has 0 aromatic carbocycles. The normalized spacial score (nSPS) is 37.2. The van der Waals surface area contributed by atoms with Crippen molar-refractivity contribution in [3.63, 3.8) is 0 Å². The van der Waals surface area contributed by atoms with Gasteiger partial charge in [0.15, 0.2) is 12.3 Å². The zero-order chi connectivity index (χ0) is 22.9. The molecule has 2 aliphatic carbocycles. The van der Waals surface area contributed by atoms with Crippen LogP contribution in [0.4, 0.5) is 8.78 Å². The highest BCUT2D eigenvalue weighted by Crippen LogP contribution is 2.42. The lowest BCUT2D eigenvalue weighted by Gasteiger charge is -2.41. The monoisotopic (exact) mass is 458 g/mol. The molecule has 32 heavy (non-hydrogen) atoms. The molecule has 0 N–H and O–H groups in total. The number of ether oxygens (including phenoxy) is 3. The van der Waals surface area contributed by atoms with Gasteiger partial charge in [-0.15, -0.1) is 0 Å². The Morgan fingerprint density at radius 2 is 1.59 bits per heavy atom. The van der Waals surface area contributed by atoms with E-state index in [4.69, 9.17) is 14.2 Å². The van der Waals surface area contributed by atoms with Gasteiger partial charge >= 0.3 is 5.97 Å². The summed E-state index contributed by atoms with van der Waals surface area (Å²) in [5, 5.41) is 0. The number of epoxide rings is 1. The molecule has 6 unspecified atom stereocenters. The smallest absolute Gasteiger partial charge is 0.338 e. The first-order chi connectivity index (χ1) is 15.5. The number of alkyl halides is 2. The second kappa shape index (κ2) is 13.2. The molecule has 3 fully saturated rings. The molecule has 4 nitrogen and oxygen atoms in total. The van der Waals surface area contributed by atoms with Gasteiger partial charge < -0.3 is 14.2 Å². The lowest BCUT2D eigenvalue weighted by molar-refractivity contribution is -0.153. The lowest BCUT2D eigenvalue weighted by atomic mass is 9.71. The molecule has 0 aromatic rings. The molecule has 0 spiro atoms. The Labute approximate surface area is 193 Å². The van der Waals surface area contributed by atoms with Crippen LogP contribution in [0.15, 0.2) is 0 Å². The number of carbonyl (C=O) groups is 1. The van der Waals surface area contributed by atoms with Gasteiger partial charge in [0, 0.05) is 6.61 Å². The zero-order valence-corrected chi connectivity index (χ0v) is 20.1. The molecule has 2 saturated carbocycles. The summed E-state index contributed by atoms with van der Waals surface area (Å²) >= 11 is 0. The summed E-state index contributed by atoms with van der Waals surface area (Å²) in [6.45, 7) is 4.80. The topological polar surface area (TPSA) is 48.1 Å². The Bertz CT molecular complexity index is 552. The van der Waals surface area contributed by atoms with Crippen molar-refractivity contribution < 1.29 is 27.8 Å². The summed E-state index contributed by atoms with van der Waals surface area (Å²) < 4.78 is 46.5. The molecular formula is C26H44F2O4. The molecule has 3 aliphatic rings. The first-order valence-corrected chi connectivity index (χ1v) is 13.3. The van der Waals surface area contributed by atoms with E-state index in [0.29, 0.717) is 19.4 Å². The molecule has 1 saturated heterocycles. The maximum atomic E-state index is 15.0. The van der Waals surface area contributed by atoms with Crippen LogP contribution in [0.2, 0.25) is 0 Å². The van der Waals surface area contributed by atoms with Gasteiger partial charge in [-0.1, -0.05) is 52.4 Å². The van der Waals surface area contributed by atoms with E-state index < -0.39 is 18.4 Å². The first-order valence-electron chi connectivity index (χ1n) is 13.3. The number of rotatable bonds is 13. The number of carbonyl (C=O) groups excluding carboxylic acids is 1. The number of esters is 1. The largest absolute Gasteiger partial charge is 0.460 e. The maximum Gasteiger partial charge on any atom is 0.338 e. The van der Waals surface area contributed by atoms with Gasteiger partial charge in [-0.25, -0.2) is 13.6 Å². The fourth-order valence-electron chi connectivity index (χ4n) is 5.62. The van der Waals surface area contributed by atoms with Crippen molar-refractivity contribution in [1.82, 2.24) is 0 Å². The molecule has 0 aromatic heterocycles. The van der Waals surface area contributed by atoms with Crippen LogP contribution in [-0.2, 0) is 19.0 Å². The van der Waals surface area contributed by atoms with Crippen molar-refractivity contribution in [2.75, 3.05) is 6.61 Å². The van der Waals surface area contributed by atoms with Gasteiger partial charge in [-0.05, 0) is 63.2 Å². The van der Waals surface area contributed by atoms with Crippen LogP contribution in [0.1, 0.15) is 104 Å². The van der Waals surface area contributed by atoms with Crippen molar-refractivity contribution in [3.05, 3.63) is 0 Å². The van der Waals surface area contributed by atoms with Crippen molar-refractivity contribution >= 4 is 5.97 Å². The highest BCUT2D eigenvalue weighted by Gasteiger charge is 2.47. The quantitative estimate of drug-likeness (QED) is 0.180. The van der Waals surface area contributed by atoms with Gasteiger partial charge in [-0.3, -0.25) is 0 Å². The summed E-state index contributed by atoms with van der Waals surface area (Å²) in [6, 6.07) is 0. The Hall–Kier alpha value is -0.750. The van der Waals surface area contributed by atoms with Gasteiger partial charge in [0.05, 0.1) is 12.2 Å². The third-order valence-corrected chi connectivity index (χ3v) is 7.68. The van der Waals surface area contributed by atoms with Crippen LogP contribution in [0.25, 0.3) is 0 Å². The number of hydrogen-bond acceptors (Lipinski definition) is 4. The number of hydrogen-bond donors (Lipinski definition) is 0. The van der Waals surface area contributed by atoms with E-state index >= 15 is 0 Å². The minimum absolute atomic E-state index is 0.0242. The second-order valence-electron chi connectivity index (χ2n) is 10.2. The number of unbranched alkanes of at least 4 members (excludes halogenated alkanes) is 5. The SMILES string of the molecule is CCCCCCCCOC1CCC(C2CCC(OC(=O)C3OC3CCC)CC2)C(F)C1F. The molecule has 186 valence electrons. The standard InChI is InChI=1S/C26H44F2O4/c1-3-5-6-7-8-9-17-30-21-16-15-20(23(27)24(21)28)18-11-13-19(14-12-18)31-26(29)25-22(32-25)10-4-2/h18-25H,3-17H2,1-2H3. The molecule has 0 amide bonds. The molecular weight excluding hydrogens is 414 g/mol. The van der Waals surface area contributed by atoms with Gasteiger partial charge in [-0.2, -0.15) is 0 Å². The highest BCUT2D eigenvalue weighted by molar-refractivity contribution is 5.78. The Balaban J connectivity index is 1.32. The molecule has 6 atom stereocenters. The van der Waals surface area contributed by atoms with Crippen LogP contribution in [-0.4, -0.2) is 49.3 Å². The average Bonchev–Trinajstić information content (AvgIpc) is 3.56. The summed E-state index contributed by atoms with van der Waals surface area (Å²) in [7, 11) is 0. The summed E-state index contributed by atoms with van der Waals surface area (Å²) in [5.74, 6) is -0.318. The molecule has 3 rings (SSSR count). The van der Waals surface area contributed by atoms with E-state index in [9.17, 15) is 13.6 Å². The Morgan fingerprint density at radius 3 is 2.31 bits per heavy atom. The van der Waals surface area contributed by atoms with E-state index in [0.717, 1.165) is 51.4 Å². The lowest BCUT2D eigenvalue weighted by Crippen LogP contribution is -2.46. The van der Waals surface area contributed by atoms with Gasteiger partial charge in [0.25, 0.3) is 0 Å². The third kappa shape index (κ3) is 7.38. The van der Waals surface area contributed by atoms with E-state index in [1.165, 1.54) is 25.7 Å². The van der Waals surface area contributed by atoms with Crippen LogP contribution in [0, 0.1) is 11.8 Å². The van der Waals surface area contributed by atoms with Gasteiger partial charge in [0.2, 0.25) is 0 Å². The minimum Gasteiger partial charge on any atom is -0.460 e. The second-order valence-corrected chi connectivity index (χ2v) is 10.2. The summed E-state index contributed by atoms with van der Waals surface area (Å²) in [4.78, 5) is 12.2. The fourth-order valence-corrected chi connectivity index (χ4v) is 5.62. The average molecular weight is 459 g/mol.